The maximum absolute atomic E-state index is 12.5. The van der Waals surface area contributed by atoms with E-state index in [1.165, 1.54) is 0 Å². The summed E-state index contributed by atoms with van der Waals surface area (Å²) in [4.78, 5) is 28.8. The second-order valence-electron chi connectivity index (χ2n) is 6.75. The van der Waals surface area contributed by atoms with Gasteiger partial charge in [-0.3, -0.25) is 14.5 Å². The van der Waals surface area contributed by atoms with Crippen molar-refractivity contribution in [2.75, 3.05) is 43.8 Å². The number of hydrogen-bond acceptors (Lipinski definition) is 4. The summed E-state index contributed by atoms with van der Waals surface area (Å²) in [5.74, 6) is -0.00909. The molecule has 1 aliphatic rings. The SMILES string of the molecule is CCc1ccccc1NC(=O)CN1CCN(C(=O)c2ccc(N)cc2)CC1. The molecule has 27 heavy (non-hydrogen) atoms. The highest BCUT2D eigenvalue weighted by molar-refractivity contribution is 5.95. The molecule has 2 aromatic carbocycles. The predicted octanol–water partition coefficient (Wildman–Crippen LogP) is 2.23. The molecule has 1 saturated heterocycles. The molecule has 0 saturated carbocycles. The second-order valence-corrected chi connectivity index (χ2v) is 6.75. The highest BCUT2D eigenvalue weighted by Gasteiger charge is 2.23. The van der Waals surface area contributed by atoms with Gasteiger partial charge in [0.25, 0.3) is 5.91 Å². The molecule has 1 heterocycles. The molecule has 0 spiro atoms. The Bertz CT molecular complexity index is 796. The molecule has 0 aliphatic carbocycles. The molecule has 6 heteroatoms. The molecule has 0 aromatic heterocycles. The molecule has 3 rings (SSSR count). The number of aryl methyl sites for hydroxylation is 1. The lowest BCUT2D eigenvalue weighted by Gasteiger charge is -2.34. The molecule has 1 aliphatic heterocycles. The van der Waals surface area contributed by atoms with Gasteiger partial charge < -0.3 is 16.0 Å². The third kappa shape index (κ3) is 4.86. The second kappa shape index (κ2) is 8.68. The quantitative estimate of drug-likeness (QED) is 0.796. The summed E-state index contributed by atoms with van der Waals surface area (Å²) in [6, 6.07) is 14.8. The summed E-state index contributed by atoms with van der Waals surface area (Å²) in [7, 11) is 0. The van der Waals surface area contributed by atoms with Crippen LogP contribution >= 0.6 is 0 Å². The van der Waals surface area contributed by atoms with E-state index in [1.807, 2.05) is 29.2 Å². The molecular formula is C21H26N4O2. The number of anilines is 2. The van der Waals surface area contributed by atoms with E-state index in [1.54, 1.807) is 24.3 Å². The number of para-hydroxylation sites is 1. The normalized spacial score (nSPS) is 14.8. The number of nitrogens with zero attached hydrogens (tertiary/aromatic N) is 2. The molecule has 3 N–H and O–H groups in total. The van der Waals surface area contributed by atoms with Crippen molar-refractivity contribution in [2.24, 2.45) is 0 Å². The van der Waals surface area contributed by atoms with E-state index in [-0.39, 0.29) is 11.8 Å². The van der Waals surface area contributed by atoms with Crippen LogP contribution in [0.2, 0.25) is 0 Å². The number of rotatable bonds is 5. The largest absolute Gasteiger partial charge is 0.399 e. The van der Waals surface area contributed by atoms with Crippen LogP contribution in [0.1, 0.15) is 22.8 Å². The molecule has 2 amide bonds. The zero-order valence-electron chi connectivity index (χ0n) is 15.6. The summed E-state index contributed by atoms with van der Waals surface area (Å²) < 4.78 is 0. The van der Waals surface area contributed by atoms with E-state index in [0.717, 1.165) is 17.7 Å². The summed E-state index contributed by atoms with van der Waals surface area (Å²) in [5, 5.41) is 3.00. The molecule has 2 aromatic rings. The highest BCUT2D eigenvalue weighted by atomic mass is 16.2. The van der Waals surface area contributed by atoms with Crippen LogP contribution in [0.25, 0.3) is 0 Å². The molecular weight excluding hydrogens is 340 g/mol. The average molecular weight is 366 g/mol. The molecule has 0 unspecified atom stereocenters. The molecule has 0 bridgehead atoms. The lowest BCUT2D eigenvalue weighted by Crippen LogP contribution is -2.50. The summed E-state index contributed by atoms with van der Waals surface area (Å²) in [5.41, 5.74) is 8.97. The Kier molecular flexibility index (Phi) is 6.08. The fourth-order valence-corrected chi connectivity index (χ4v) is 3.26. The fraction of sp³-hybridized carbons (Fsp3) is 0.333. The first-order valence-corrected chi connectivity index (χ1v) is 9.31. The summed E-state index contributed by atoms with van der Waals surface area (Å²) in [6.07, 6.45) is 0.877. The van der Waals surface area contributed by atoms with Crippen molar-refractivity contribution in [1.82, 2.24) is 9.80 Å². The number of amides is 2. The van der Waals surface area contributed by atoms with E-state index in [2.05, 4.69) is 17.1 Å². The van der Waals surface area contributed by atoms with E-state index < -0.39 is 0 Å². The van der Waals surface area contributed by atoms with E-state index >= 15 is 0 Å². The van der Waals surface area contributed by atoms with Crippen LogP contribution in [0.15, 0.2) is 48.5 Å². The van der Waals surface area contributed by atoms with Crippen LogP contribution in [0.3, 0.4) is 0 Å². The smallest absolute Gasteiger partial charge is 0.253 e. The lowest BCUT2D eigenvalue weighted by atomic mass is 10.1. The van der Waals surface area contributed by atoms with Gasteiger partial charge >= 0.3 is 0 Å². The monoisotopic (exact) mass is 366 g/mol. The van der Waals surface area contributed by atoms with Crippen molar-refractivity contribution in [1.29, 1.82) is 0 Å². The van der Waals surface area contributed by atoms with Gasteiger partial charge in [0.2, 0.25) is 5.91 Å². The van der Waals surface area contributed by atoms with Gasteiger partial charge in [-0.2, -0.15) is 0 Å². The Labute approximate surface area is 159 Å². The van der Waals surface area contributed by atoms with E-state index in [0.29, 0.717) is 44.0 Å². The highest BCUT2D eigenvalue weighted by Crippen LogP contribution is 2.16. The van der Waals surface area contributed by atoms with Crippen LogP contribution in [-0.2, 0) is 11.2 Å². The first-order chi connectivity index (χ1) is 13.1. The van der Waals surface area contributed by atoms with Crippen molar-refractivity contribution in [2.45, 2.75) is 13.3 Å². The van der Waals surface area contributed by atoms with Crippen molar-refractivity contribution >= 4 is 23.2 Å². The topological polar surface area (TPSA) is 78.7 Å². The summed E-state index contributed by atoms with van der Waals surface area (Å²) in [6.45, 7) is 5.00. The van der Waals surface area contributed by atoms with E-state index in [4.69, 9.17) is 5.73 Å². The Morgan fingerprint density at radius 1 is 1.00 bits per heavy atom. The lowest BCUT2D eigenvalue weighted by molar-refractivity contribution is -0.117. The first kappa shape index (κ1) is 18.9. The van der Waals surface area contributed by atoms with Gasteiger partial charge in [0.05, 0.1) is 6.54 Å². The molecule has 0 radical (unpaired) electrons. The van der Waals surface area contributed by atoms with Gasteiger partial charge in [-0.1, -0.05) is 25.1 Å². The number of hydrogen-bond donors (Lipinski definition) is 2. The molecule has 1 fully saturated rings. The number of carbonyl (C=O) groups excluding carboxylic acids is 2. The Hall–Kier alpha value is -2.86. The third-order valence-electron chi connectivity index (χ3n) is 4.86. The molecule has 142 valence electrons. The van der Waals surface area contributed by atoms with Crippen LogP contribution in [0.5, 0.6) is 0 Å². The Morgan fingerprint density at radius 2 is 1.67 bits per heavy atom. The summed E-state index contributed by atoms with van der Waals surface area (Å²) >= 11 is 0. The van der Waals surface area contributed by atoms with Crippen molar-refractivity contribution in [3.63, 3.8) is 0 Å². The van der Waals surface area contributed by atoms with Crippen LogP contribution in [0.4, 0.5) is 11.4 Å². The third-order valence-corrected chi connectivity index (χ3v) is 4.86. The maximum Gasteiger partial charge on any atom is 0.253 e. The minimum Gasteiger partial charge on any atom is -0.399 e. The standard InChI is InChI=1S/C21H26N4O2/c1-2-16-5-3-4-6-19(16)23-20(26)15-24-11-13-25(14-12-24)21(27)17-7-9-18(22)10-8-17/h3-10H,2,11-15,22H2,1H3,(H,23,26). The van der Waals surface area contributed by atoms with Crippen molar-refractivity contribution in [3.05, 3.63) is 59.7 Å². The van der Waals surface area contributed by atoms with Gasteiger partial charge in [-0.15, -0.1) is 0 Å². The maximum atomic E-state index is 12.5. The van der Waals surface area contributed by atoms with Gasteiger partial charge in [-0.25, -0.2) is 0 Å². The number of benzene rings is 2. The minimum absolute atomic E-state index is 0.0102. The van der Waals surface area contributed by atoms with Gasteiger partial charge in [0, 0.05) is 43.1 Å². The Balaban J connectivity index is 1.49. The predicted molar refractivity (Wildman–Crippen MR) is 108 cm³/mol. The van der Waals surface area contributed by atoms with Crippen LogP contribution < -0.4 is 11.1 Å². The number of piperazine rings is 1. The first-order valence-electron chi connectivity index (χ1n) is 9.31. The zero-order valence-corrected chi connectivity index (χ0v) is 15.6. The minimum atomic E-state index is -0.0192. The van der Waals surface area contributed by atoms with Crippen molar-refractivity contribution < 1.29 is 9.59 Å². The van der Waals surface area contributed by atoms with E-state index in [9.17, 15) is 9.59 Å². The Morgan fingerprint density at radius 3 is 2.33 bits per heavy atom. The van der Waals surface area contributed by atoms with Gasteiger partial charge in [-0.05, 0) is 42.3 Å². The molecule has 0 atom stereocenters. The number of nitrogens with two attached hydrogens (primary N) is 1. The average Bonchev–Trinajstić information content (AvgIpc) is 2.69. The van der Waals surface area contributed by atoms with Gasteiger partial charge in [0.15, 0.2) is 0 Å². The zero-order chi connectivity index (χ0) is 19.2. The van der Waals surface area contributed by atoms with Crippen LogP contribution in [0, 0.1) is 0 Å². The fourth-order valence-electron chi connectivity index (χ4n) is 3.26. The van der Waals surface area contributed by atoms with Crippen LogP contribution in [-0.4, -0.2) is 54.3 Å². The number of nitrogens with one attached hydrogen (secondary N) is 1. The van der Waals surface area contributed by atoms with Crippen molar-refractivity contribution in [3.8, 4) is 0 Å². The molecule has 6 nitrogen and oxygen atoms in total. The van der Waals surface area contributed by atoms with Gasteiger partial charge in [0.1, 0.15) is 0 Å². The number of nitrogen functional groups attached to an aromatic ring is 1. The number of carbonyl (C=O) groups is 2.